The van der Waals surface area contributed by atoms with Gasteiger partial charge in [-0.15, -0.1) is 0 Å². The molecule has 0 N–H and O–H groups in total. The molecular weight excluding hydrogens is 853 g/mol. The average molecular weight is 899 g/mol. The lowest BCUT2D eigenvalue weighted by atomic mass is 10.1. The molecule has 0 radical (unpaired) electrons. The van der Waals surface area contributed by atoms with Crippen molar-refractivity contribution >= 4 is 73.1 Å². The summed E-state index contributed by atoms with van der Waals surface area (Å²) in [6.45, 7) is 0. The van der Waals surface area contributed by atoms with Gasteiger partial charge in [-0.1, -0.05) is 140 Å². The summed E-state index contributed by atoms with van der Waals surface area (Å²) in [4.78, 5) is 17.7. The Morgan fingerprint density at radius 1 is 0.271 bits per heavy atom. The minimum absolute atomic E-state index is 0.840. The van der Waals surface area contributed by atoms with Crippen molar-refractivity contribution in [2.45, 2.75) is 0 Å². The fraction of sp³-hybridized carbons (Fsp3) is 0. The fourth-order valence-corrected chi connectivity index (χ4v) is 9.50. The molecule has 12 aromatic rings. The van der Waals surface area contributed by atoms with Crippen molar-refractivity contribution < 1.29 is 0 Å². The van der Waals surface area contributed by atoms with E-state index >= 15 is 0 Å². The molecule has 0 amide bonds. The quantitative estimate of drug-likeness (QED) is 0.122. The summed E-state index contributed by atoms with van der Waals surface area (Å²) >= 11 is 0. The highest BCUT2D eigenvalue weighted by molar-refractivity contribution is 6.09. The fourth-order valence-electron chi connectivity index (χ4n) is 9.50. The Morgan fingerprint density at radius 2 is 0.600 bits per heavy atom. The van der Waals surface area contributed by atoms with Crippen LogP contribution in [-0.4, -0.2) is 14.5 Å². The molecule has 70 heavy (non-hydrogen) atoms. The van der Waals surface area contributed by atoms with Gasteiger partial charge in [0.15, 0.2) is 0 Å². The molecule has 2 aromatic heterocycles. The van der Waals surface area contributed by atoms with Crippen LogP contribution in [0.4, 0.5) is 51.2 Å². The van der Waals surface area contributed by atoms with Gasteiger partial charge in [0, 0.05) is 73.4 Å². The predicted molar refractivity (Wildman–Crippen MR) is 291 cm³/mol. The highest BCUT2D eigenvalue weighted by Gasteiger charge is 2.23. The van der Waals surface area contributed by atoms with Crippen LogP contribution in [0.3, 0.4) is 0 Å². The molecule has 0 atom stereocenters. The van der Waals surface area contributed by atoms with E-state index in [-0.39, 0.29) is 0 Å². The van der Waals surface area contributed by atoms with Crippen LogP contribution in [0.1, 0.15) is 0 Å². The van der Waals surface area contributed by atoms with Crippen molar-refractivity contribution in [3.05, 3.63) is 279 Å². The van der Waals surface area contributed by atoms with Crippen LogP contribution in [0.2, 0.25) is 0 Å². The first-order chi connectivity index (χ1) is 34.7. The highest BCUT2D eigenvalue weighted by Crippen LogP contribution is 2.43. The zero-order chi connectivity index (χ0) is 46.6. The Hall–Kier alpha value is -9.52. The Bertz CT molecular complexity index is 3460. The van der Waals surface area contributed by atoms with Gasteiger partial charge in [-0.05, 0) is 140 Å². The van der Waals surface area contributed by atoms with Crippen molar-refractivity contribution in [1.82, 2.24) is 14.5 Å². The molecule has 332 valence electrons. The summed E-state index contributed by atoms with van der Waals surface area (Å²) < 4.78 is 2.28. The van der Waals surface area contributed by atoms with Gasteiger partial charge in [-0.3, -0.25) is 4.57 Å². The van der Waals surface area contributed by atoms with Crippen molar-refractivity contribution in [2.75, 3.05) is 14.7 Å². The van der Waals surface area contributed by atoms with Crippen LogP contribution >= 0.6 is 0 Å². The first kappa shape index (κ1) is 41.9. The van der Waals surface area contributed by atoms with E-state index in [1.54, 1.807) is 0 Å². The number of imidazole rings is 1. The molecule has 6 heteroatoms. The number of rotatable bonds is 12. The molecule has 0 aliphatic rings. The van der Waals surface area contributed by atoms with Gasteiger partial charge in [0.1, 0.15) is 16.9 Å². The van der Waals surface area contributed by atoms with E-state index in [0.29, 0.717) is 0 Å². The second-order valence-corrected chi connectivity index (χ2v) is 17.1. The van der Waals surface area contributed by atoms with Crippen molar-refractivity contribution in [3.63, 3.8) is 0 Å². The van der Waals surface area contributed by atoms with Gasteiger partial charge in [-0.2, -0.15) is 0 Å². The Labute approximate surface area is 407 Å². The van der Waals surface area contributed by atoms with Gasteiger partial charge in [0.2, 0.25) is 0 Å². The van der Waals surface area contributed by atoms with E-state index < -0.39 is 0 Å². The highest BCUT2D eigenvalue weighted by atomic mass is 15.2. The number of anilines is 9. The third-order valence-electron chi connectivity index (χ3n) is 12.7. The number of aromatic nitrogens is 3. The second kappa shape index (κ2) is 18.6. The first-order valence-electron chi connectivity index (χ1n) is 23.6. The van der Waals surface area contributed by atoms with E-state index in [9.17, 15) is 0 Å². The summed E-state index contributed by atoms with van der Waals surface area (Å²) in [6, 6.07) is 97.9. The van der Waals surface area contributed by atoms with Crippen LogP contribution in [-0.2, 0) is 0 Å². The molecule has 0 unspecified atom stereocenters. The Balaban J connectivity index is 0.997. The van der Waals surface area contributed by atoms with Crippen LogP contribution in [0.15, 0.2) is 279 Å². The maximum absolute atomic E-state index is 5.52. The first-order valence-corrected chi connectivity index (χ1v) is 23.6. The number of fused-ring (bicyclic) bond motifs is 3. The topological polar surface area (TPSA) is 40.4 Å². The zero-order valence-corrected chi connectivity index (χ0v) is 38.2. The number of para-hydroxylation sites is 6. The van der Waals surface area contributed by atoms with Crippen LogP contribution in [0.5, 0.6) is 0 Å². The molecule has 6 nitrogen and oxygen atoms in total. The lowest BCUT2D eigenvalue weighted by Crippen LogP contribution is -2.13. The Kier molecular flexibility index (Phi) is 11.1. The number of hydrogen-bond donors (Lipinski definition) is 0. The normalized spacial score (nSPS) is 11.1. The van der Waals surface area contributed by atoms with E-state index in [1.165, 1.54) is 0 Å². The monoisotopic (exact) mass is 898 g/mol. The summed E-state index contributed by atoms with van der Waals surface area (Å²) in [5.74, 6) is 0.840. The molecule has 12 rings (SSSR count). The molecule has 0 bridgehead atoms. The molecule has 0 fully saturated rings. The largest absolute Gasteiger partial charge is 0.311 e. The van der Waals surface area contributed by atoms with Crippen molar-refractivity contribution in [3.8, 4) is 28.3 Å². The number of benzene rings is 10. The number of nitrogens with zero attached hydrogens (tertiary/aromatic N) is 6. The third kappa shape index (κ3) is 7.99. The van der Waals surface area contributed by atoms with E-state index in [2.05, 4.69) is 286 Å². The molecular formula is C64H46N6. The standard InChI is InChI=1S/C64H46N6/c1-7-21-47(22-8-1)61-63-62(59-33-19-20-34-60(59)65-61)66-64(70(63)53-31-17-6-18-32-53)48-35-37-54(38-36-48)69(57-43-39-55(40-44-57)67(49-23-9-2-10-24-49)50-25-11-3-12-26-50)58-45-41-56(42-46-58)68(51-27-13-4-14-28-51)52-29-15-5-16-30-52/h1-46H. The lowest BCUT2D eigenvalue weighted by Gasteiger charge is -2.29. The maximum Gasteiger partial charge on any atom is 0.145 e. The van der Waals surface area contributed by atoms with Gasteiger partial charge in [-0.25, -0.2) is 9.97 Å². The summed E-state index contributed by atoms with van der Waals surface area (Å²) in [5, 5.41) is 1.01. The van der Waals surface area contributed by atoms with Crippen LogP contribution < -0.4 is 14.7 Å². The molecule has 10 aromatic carbocycles. The second-order valence-electron chi connectivity index (χ2n) is 17.1. The van der Waals surface area contributed by atoms with Crippen molar-refractivity contribution in [2.24, 2.45) is 0 Å². The van der Waals surface area contributed by atoms with E-state index in [4.69, 9.17) is 9.97 Å². The summed E-state index contributed by atoms with van der Waals surface area (Å²) in [6.07, 6.45) is 0. The molecule has 2 heterocycles. The van der Waals surface area contributed by atoms with E-state index in [1.807, 2.05) is 12.1 Å². The van der Waals surface area contributed by atoms with Gasteiger partial charge >= 0.3 is 0 Å². The summed E-state index contributed by atoms with van der Waals surface area (Å²) in [7, 11) is 0. The van der Waals surface area contributed by atoms with Gasteiger partial charge < -0.3 is 14.7 Å². The molecule has 0 aliphatic heterocycles. The SMILES string of the molecule is c1ccc(-c2nc3ccccc3c3nc(-c4ccc(N(c5ccc(N(c6ccccc6)c6ccccc6)cc5)c5ccc(N(c6ccccc6)c6ccccc6)cc5)cc4)n(-c4ccccc4)c23)cc1. The predicted octanol–water partition coefficient (Wildman–Crippen LogP) is 17.3. The minimum atomic E-state index is 0.840. The number of hydrogen-bond acceptors (Lipinski definition) is 5. The molecule has 0 saturated heterocycles. The van der Waals surface area contributed by atoms with Crippen LogP contribution in [0.25, 0.3) is 50.3 Å². The molecule has 0 aliphatic carbocycles. The smallest absolute Gasteiger partial charge is 0.145 e. The Morgan fingerprint density at radius 3 is 1.01 bits per heavy atom. The zero-order valence-electron chi connectivity index (χ0n) is 38.2. The number of pyridine rings is 1. The summed E-state index contributed by atoms with van der Waals surface area (Å²) in [5.41, 5.74) is 16.3. The minimum Gasteiger partial charge on any atom is -0.311 e. The average Bonchev–Trinajstić information content (AvgIpc) is 3.85. The third-order valence-corrected chi connectivity index (χ3v) is 12.7. The van der Waals surface area contributed by atoms with Gasteiger partial charge in [0.05, 0.1) is 11.2 Å². The van der Waals surface area contributed by atoms with Crippen molar-refractivity contribution in [1.29, 1.82) is 0 Å². The van der Waals surface area contributed by atoms with Crippen LogP contribution in [0, 0.1) is 0 Å². The van der Waals surface area contributed by atoms with E-state index in [0.717, 1.165) is 101 Å². The molecule has 0 spiro atoms. The maximum atomic E-state index is 5.52. The lowest BCUT2D eigenvalue weighted by molar-refractivity contribution is 1.10. The van der Waals surface area contributed by atoms with Gasteiger partial charge in [0.25, 0.3) is 0 Å². The molecule has 0 saturated carbocycles.